The van der Waals surface area contributed by atoms with Crippen molar-refractivity contribution in [3.63, 3.8) is 0 Å². The molecule has 0 radical (unpaired) electrons. The van der Waals surface area contributed by atoms with Crippen LogP contribution in [0.2, 0.25) is 0 Å². The average molecular weight is 351 g/mol. The van der Waals surface area contributed by atoms with Crippen molar-refractivity contribution in [1.82, 2.24) is 10.2 Å². The molecule has 25 heavy (non-hydrogen) atoms. The zero-order valence-corrected chi connectivity index (χ0v) is 15.7. The minimum atomic E-state index is -0.219. The predicted octanol–water partition coefficient (Wildman–Crippen LogP) is 2.20. The Balaban J connectivity index is 1.26. The van der Waals surface area contributed by atoms with Gasteiger partial charge >= 0.3 is 0 Å². The van der Waals surface area contributed by atoms with E-state index in [4.69, 9.17) is 9.47 Å². The average Bonchev–Trinajstić information content (AvgIpc) is 3.35. The second kappa shape index (κ2) is 7.53. The molecule has 4 rings (SSSR count). The van der Waals surface area contributed by atoms with Gasteiger partial charge in [0.2, 0.25) is 5.91 Å². The quantitative estimate of drug-likeness (QED) is 0.826. The maximum atomic E-state index is 12.4. The van der Waals surface area contributed by atoms with E-state index in [-0.39, 0.29) is 17.6 Å². The number of nitrogens with zero attached hydrogens (tertiary/aromatic N) is 1. The standard InChI is InChI=1S/C20H34N2O3/c1-15-13-22(14-17-5-10-24-11-6-17)9-8-20(15)7-4-18(25-20)19(23)21-12-16-2-3-16/h15-18H,2-14H2,1H3,(H,21,23)/t15-,18?,20-/m1/s1. The molecule has 4 aliphatic rings. The molecule has 1 amide bonds. The SMILES string of the molecule is C[C@@H]1CN(CC2CCOCC2)CC[C@]12CCC(C(=O)NCC1CC1)O2. The van der Waals surface area contributed by atoms with Gasteiger partial charge in [0.1, 0.15) is 6.10 Å². The Morgan fingerprint density at radius 3 is 2.64 bits per heavy atom. The molecule has 0 aromatic heterocycles. The molecule has 3 heterocycles. The van der Waals surface area contributed by atoms with Crippen molar-refractivity contribution in [3.05, 3.63) is 0 Å². The number of hydrogen-bond donors (Lipinski definition) is 1. The summed E-state index contributed by atoms with van der Waals surface area (Å²) in [4.78, 5) is 15.0. The van der Waals surface area contributed by atoms with Crippen molar-refractivity contribution in [2.45, 2.75) is 63.6 Å². The van der Waals surface area contributed by atoms with Crippen molar-refractivity contribution in [2.75, 3.05) is 39.4 Å². The minimum Gasteiger partial charge on any atom is -0.381 e. The Kier molecular flexibility index (Phi) is 5.35. The number of nitrogens with one attached hydrogen (secondary N) is 1. The lowest BCUT2D eigenvalue weighted by Gasteiger charge is -2.45. The fourth-order valence-corrected chi connectivity index (χ4v) is 4.89. The van der Waals surface area contributed by atoms with E-state index in [0.717, 1.165) is 63.9 Å². The maximum absolute atomic E-state index is 12.4. The molecule has 1 N–H and O–H groups in total. The van der Waals surface area contributed by atoms with Crippen molar-refractivity contribution < 1.29 is 14.3 Å². The van der Waals surface area contributed by atoms with E-state index in [2.05, 4.69) is 17.1 Å². The molecule has 5 nitrogen and oxygen atoms in total. The lowest BCUT2D eigenvalue weighted by Crippen LogP contribution is -2.52. The minimum absolute atomic E-state index is 0.0617. The third kappa shape index (κ3) is 4.20. The summed E-state index contributed by atoms with van der Waals surface area (Å²) in [5, 5.41) is 3.10. The number of carbonyl (C=O) groups excluding carboxylic acids is 1. The number of likely N-dealkylation sites (tertiary alicyclic amines) is 1. The van der Waals surface area contributed by atoms with E-state index in [9.17, 15) is 4.79 Å². The zero-order valence-electron chi connectivity index (χ0n) is 15.7. The topological polar surface area (TPSA) is 50.8 Å². The van der Waals surface area contributed by atoms with Crippen molar-refractivity contribution in [3.8, 4) is 0 Å². The fraction of sp³-hybridized carbons (Fsp3) is 0.950. The largest absolute Gasteiger partial charge is 0.381 e. The molecule has 0 bridgehead atoms. The highest BCUT2D eigenvalue weighted by Gasteiger charge is 2.49. The molecule has 1 spiro atoms. The van der Waals surface area contributed by atoms with Crippen LogP contribution >= 0.6 is 0 Å². The summed E-state index contributed by atoms with van der Waals surface area (Å²) in [6.45, 7) is 8.44. The molecule has 3 aliphatic heterocycles. The Morgan fingerprint density at radius 1 is 1.12 bits per heavy atom. The summed E-state index contributed by atoms with van der Waals surface area (Å²) in [6.07, 6.45) is 7.74. The lowest BCUT2D eigenvalue weighted by atomic mass is 9.79. The van der Waals surface area contributed by atoms with Gasteiger partial charge in [0.05, 0.1) is 5.60 Å². The molecule has 1 aliphatic carbocycles. The molecule has 1 unspecified atom stereocenters. The Bertz CT molecular complexity index is 476. The lowest BCUT2D eigenvalue weighted by molar-refractivity contribution is -0.148. The fourth-order valence-electron chi connectivity index (χ4n) is 4.89. The number of hydrogen-bond acceptors (Lipinski definition) is 4. The molecule has 0 aromatic carbocycles. The van der Waals surface area contributed by atoms with Crippen molar-refractivity contribution in [2.24, 2.45) is 17.8 Å². The van der Waals surface area contributed by atoms with Gasteiger partial charge < -0.3 is 19.7 Å². The zero-order chi connectivity index (χ0) is 17.3. The second-order valence-corrected chi connectivity index (χ2v) is 8.86. The number of rotatable bonds is 5. The molecule has 3 atom stereocenters. The molecule has 0 aromatic rings. The molecule has 142 valence electrons. The number of amides is 1. The van der Waals surface area contributed by atoms with Gasteiger partial charge in [0, 0.05) is 39.4 Å². The maximum Gasteiger partial charge on any atom is 0.249 e. The highest BCUT2D eigenvalue weighted by Crippen LogP contribution is 2.42. The Labute approximate surface area is 151 Å². The van der Waals surface area contributed by atoms with E-state index >= 15 is 0 Å². The van der Waals surface area contributed by atoms with Crippen LogP contribution in [0.25, 0.3) is 0 Å². The molecule has 5 heteroatoms. The van der Waals surface area contributed by atoms with Gasteiger partial charge in [0.25, 0.3) is 0 Å². The Morgan fingerprint density at radius 2 is 1.92 bits per heavy atom. The van der Waals surface area contributed by atoms with Crippen LogP contribution < -0.4 is 5.32 Å². The Hall–Kier alpha value is -0.650. The van der Waals surface area contributed by atoms with Gasteiger partial charge in [-0.05, 0) is 62.7 Å². The first-order valence-corrected chi connectivity index (χ1v) is 10.4. The summed E-state index contributed by atoms with van der Waals surface area (Å²) in [7, 11) is 0. The van der Waals surface area contributed by atoms with Crippen molar-refractivity contribution in [1.29, 1.82) is 0 Å². The summed E-state index contributed by atoms with van der Waals surface area (Å²) in [5.41, 5.74) is -0.0617. The summed E-state index contributed by atoms with van der Waals surface area (Å²) in [5.74, 6) is 2.15. The van der Waals surface area contributed by atoms with Gasteiger partial charge in [-0.3, -0.25) is 4.79 Å². The van der Waals surface area contributed by atoms with Crippen LogP contribution in [0.3, 0.4) is 0 Å². The number of piperidine rings is 1. The summed E-state index contributed by atoms with van der Waals surface area (Å²) >= 11 is 0. The van der Waals surface area contributed by atoms with E-state index < -0.39 is 0 Å². The highest BCUT2D eigenvalue weighted by molar-refractivity contribution is 5.81. The smallest absolute Gasteiger partial charge is 0.249 e. The van der Waals surface area contributed by atoms with E-state index in [1.54, 1.807) is 0 Å². The van der Waals surface area contributed by atoms with E-state index in [1.807, 2.05) is 0 Å². The predicted molar refractivity (Wildman–Crippen MR) is 96.3 cm³/mol. The third-order valence-electron chi connectivity index (χ3n) is 6.90. The van der Waals surface area contributed by atoms with Gasteiger partial charge in [0.15, 0.2) is 0 Å². The number of ether oxygens (including phenoxy) is 2. The van der Waals surface area contributed by atoms with Crippen molar-refractivity contribution >= 4 is 5.91 Å². The first-order chi connectivity index (χ1) is 12.1. The first kappa shape index (κ1) is 17.7. The second-order valence-electron chi connectivity index (χ2n) is 8.86. The molecular weight excluding hydrogens is 316 g/mol. The first-order valence-electron chi connectivity index (χ1n) is 10.4. The van der Waals surface area contributed by atoms with Crippen LogP contribution in [0.15, 0.2) is 0 Å². The van der Waals surface area contributed by atoms with Gasteiger partial charge in [-0.25, -0.2) is 0 Å². The van der Waals surface area contributed by atoms with Gasteiger partial charge in [-0.1, -0.05) is 6.92 Å². The van der Waals surface area contributed by atoms with Crippen LogP contribution in [0.5, 0.6) is 0 Å². The van der Waals surface area contributed by atoms with E-state index in [0.29, 0.717) is 5.92 Å². The molecule has 1 saturated carbocycles. The summed E-state index contributed by atoms with van der Waals surface area (Å²) < 4.78 is 11.9. The number of carbonyl (C=O) groups is 1. The van der Waals surface area contributed by atoms with E-state index in [1.165, 1.54) is 32.2 Å². The van der Waals surface area contributed by atoms with Gasteiger partial charge in [-0.2, -0.15) is 0 Å². The molecule has 3 saturated heterocycles. The van der Waals surface area contributed by atoms with Crippen LogP contribution in [0.1, 0.15) is 51.9 Å². The van der Waals surface area contributed by atoms with Crippen LogP contribution in [-0.4, -0.2) is 61.9 Å². The third-order valence-corrected chi connectivity index (χ3v) is 6.90. The monoisotopic (exact) mass is 350 g/mol. The molecule has 4 fully saturated rings. The van der Waals surface area contributed by atoms with Crippen LogP contribution in [0, 0.1) is 17.8 Å². The van der Waals surface area contributed by atoms with Crippen LogP contribution in [0.4, 0.5) is 0 Å². The van der Waals surface area contributed by atoms with Gasteiger partial charge in [-0.15, -0.1) is 0 Å². The normalized spacial score (nSPS) is 37.5. The summed E-state index contributed by atoms with van der Waals surface area (Å²) in [6, 6.07) is 0. The van der Waals surface area contributed by atoms with Crippen LogP contribution in [-0.2, 0) is 14.3 Å². The molecular formula is C20H34N2O3. The highest BCUT2D eigenvalue weighted by atomic mass is 16.5.